The van der Waals surface area contributed by atoms with E-state index in [0.29, 0.717) is 20.6 Å². The Morgan fingerprint density at radius 1 is 0.971 bits per heavy atom. The smallest absolute Gasteiger partial charge is 0.255 e. The van der Waals surface area contributed by atoms with Gasteiger partial charge in [-0.25, -0.2) is 18.2 Å². The summed E-state index contributed by atoms with van der Waals surface area (Å²) in [6.07, 6.45) is 1.28. The molecule has 1 amide bonds. The number of amides is 1. The van der Waals surface area contributed by atoms with Gasteiger partial charge >= 0.3 is 0 Å². The molecule has 0 aliphatic rings. The SMILES string of the molecule is O=C(CN(Cc1c(F)cccc1Cl)S(=O)(=O)c1ccc(Cl)cc1)N/N=C\c1ccc(Cl)cc1Cl. The van der Waals surface area contributed by atoms with Crippen LogP contribution in [0.25, 0.3) is 0 Å². The van der Waals surface area contributed by atoms with Crippen LogP contribution in [0.1, 0.15) is 11.1 Å². The monoisotopic (exact) mass is 561 g/mol. The number of benzene rings is 3. The van der Waals surface area contributed by atoms with Gasteiger partial charge in [-0.15, -0.1) is 0 Å². The van der Waals surface area contributed by atoms with E-state index < -0.39 is 34.8 Å². The molecule has 3 rings (SSSR count). The minimum atomic E-state index is -4.23. The van der Waals surface area contributed by atoms with Crippen LogP contribution in [0.3, 0.4) is 0 Å². The standard InChI is InChI=1S/C22H16Cl4FN3O3S/c23-15-6-8-17(9-7-15)34(32,33)30(12-18-19(25)2-1-3-21(18)27)13-22(31)29-28-11-14-4-5-16(24)10-20(14)26/h1-11H,12-13H2,(H,29,31)/b28-11-. The molecule has 0 fully saturated rings. The zero-order chi connectivity index (χ0) is 24.9. The molecular formula is C22H16Cl4FN3O3S. The van der Waals surface area contributed by atoms with E-state index in [9.17, 15) is 17.6 Å². The Balaban J connectivity index is 1.85. The quantitative estimate of drug-likeness (QED) is 0.279. The molecule has 6 nitrogen and oxygen atoms in total. The van der Waals surface area contributed by atoms with Crippen LogP contribution in [0.15, 0.2) is 70.7 Å². The summed E-state index contributed by atoms with van der Waals surface area (Å²) < 4.78 is 41.7. The van der Waals surface area contributed by atoms with E-state index in [2.05, 4.69) is 10.5 Å². The summed E-state index contributed by atoms with van der Waals surface area (Å²) in [4.78, 5) is 12.4. The average Bonchev–Trinajstić information content (AvgIpc) is 2.77. The average molecular weight is 563 g/mol. The van der Waals surface area contributed by atoms with Crippen LogP contribution < -0.4 is 5.43 Å². The Hall–Kier alpha value is -2.20. The van der Waals surface area contributed by atoms with Crippen molar-refractivity contribution in [2.75, 3.05) is 6.54 Å². The lowest BCUT2D eigenvalue weighted by molar-refractivity contribution is -0.121. The molecule has 3 aromatic rings. The molecule has 0 spiro atoms. The van der Waals surface area contributed by atoms with Crippen molar-refractivity contribution in [3.8, 4) is 0 Å². The molecule has 1 N–H and O–H groups in total. The lowest BCUT2D eigenvalue weighted by atomic mass is 10.2. The van der Waals surface area contributed by atoms with Gasteiger partial charge in [0.05, 0.1) is 22.7 Å². The van der Waals surface area contributed by atoms with Crippen LogP contribution in [-0.4, -0.2) is 31.4 Å². The highest BCUT2D eigenvalue weighted by Crippen LogP contribution is 2.25. The number of hydrogen-bond acceptors (Lipinski definition) is 4. The normalized spacial score (nSPS) is 11.8. The first-order chi connectivity index (χ1) is 16.1. The Morgan fingerprint density at radius 2 is 1.65 bits per heavy atom. The van der Waals surface area contributed by atoms with E-state index in [-0.39, 0.29) is 15.5 Å². The molecular weight excluding hydrogens is 547 g/mol. The Bertz CT molecular complexity index is 1320. The molecule has 0 atom stereocenters. The number of carbonyl (C=O) groups excluding carboxylic acids is 1. The maximum atomic E-state index is 14.4. The fourth-order valence-electron chi connectivity index (χ4n) is 2.82. The molecule has 0 aliphatic carbocycles. The van der Waals surface area contributed by atoms with Crippen molar-refractivity contribution in [3.63, 3.8) is 0 Å². The molecule has 178 valence electrons. The van der Waals surface area contributed by atoms with Gasteiger partial charge in [0.15, 0.2) is 0 Å². The van der Waals surface area contributed by atoms with Crippen molar-refractivity contribution >= 4 is 68.5 Å². The van der Waals surface area contributed by atoms with Gasteiger partial charge in [-0.05, 0) is 48.5 Å². The zero-order valence-corrected chi connectivity index (χ0v) is 21.0. The first kappa shape index (κ1) is 26.4. The van der Waals surface area contributed by atoms with E-state index in [1.54, 1.807) is 12.1 Å². The summed E-state index contributed by atoms with van der Waals surface area (Å²) in [6, 6.07) is 14.0. The van der Waals surface area contributed by atoms with Crippen LogP contribution in [0, 0.1) is 5.82 Å². The first-order valence-corrected chi connectivity index (χ1v) is 12.5. The summed E-state index contributed by atoms with van der Waals surface area (Å²) in [6.45, 7) is -1.15. The third-order valence-corrected chi connectivity index (χ3v) is 7.50. The maximum absolute atomic E-state index is 14.4. The number of nitrogens with zero attached hydrogens (tertiary/aromatic N) is 2. The largest absolute Gasteiger partial charge is 0.272 e. The van der Waals surface area contributed by atoms with E-state index in [1.165, 1.54) is 48.7 Å². The first-order valence-electron chi connectivity index (χ1n) is 9.53. The second kappa shape index (κ2) is 11.5. The fraction of sp³-hybridized carbons (Fsp3) is 0.0909. The third kappa shape index (κ3) is 6.69. The molecule has 12 heteroatoms. The minimum Gasteiger partial charge on any atom is -0.272 e. The van der Waals surface area contributed by atoms with Gasteiger partial charge in [0, 0.05) is 32.7 Å². The van der Waals surface area contributed by atoms with E-state index in [4.69, 9.17) is 46.4 Å². The van der Waals surface area contributed by atoms with E-state index >= 15 is 0 Å². The molecule has 0 bridgehead atoms. The number of carbonyl (C=O) groups is 1. The molecule has 0 saturated carbocycles. The summed E-state index contributed by atoms with van der Waals surface area (Å²) >= 11 is 23.8. The molecule has 0 radical (unpaired) electrons. The summed E-state index contributed by atoms with van der Waals surface area (Å²) in [5.41, 5.74) is 2.64. The van der Waals surface area contributed by atoms with Gasteiger partial charge in [-0.1, -0.05) is 58.5 Å². The molecule has 0 unspecified atom stereocenters. The third-order valence-electron chi connectivity index (χ3n) is 4.52. The van der Waals surface area contributed by atoms with Crippen LogP contribution in [0.4, 0.5) is 4.39 Å². The highest BCUT2D eigenvalue weighted by atomic mass is 35.5. The molecule has 0 aromatic heterocycles. The van der Waals surface area contributed by atoms with Crippen molar-refractivity contribution in [1.29, 1.82) is 0 Å². The van der Waals surface area contributed by atoms with Crippen LogP contribution in [-0.2, 0) is 21.4 Å². The molecule has 3 aromatic carbocycles. The molecule has 0 aliphatic heterocycles. The van der Waals surface area contributed by atoms with Gasteiger partial charge in [-0.3, -0.25) is 4.79 Å². The lowest BCUT2D eigenvalue weighted by Crippen LogP contribution is -2.39. The maximum Gasteiger partial charge on any atom is 0.255 e. The summed E-state index contributed by atoms with van der Waals surface area (Å²) in [7, 11) is -4.23. The minimum absolute atomic E-state index is 0.0205. The highest BCUT2D eigenvalue weighted by Gasteiger charge is 2.28. The number of nitrogens with one attached hydrogen (secondary N) is 1. The van der Waals surface area contributed by atoms with E-state index in [0.717, 1.165) is 10.4 Å². The predicted molar refractivity (Wildman–Crippen MR) is 133 cm³/mol. The number of hydrazone groups is 1. The van der Waals surface area contributed by atoms with Gasteiger partial charge in [0.25, 0.3) is 5.91 Å². The molecule has 34 heavy (non-hydrogen) atoms. The van der Waals surface area contributed by atoms with Crippen LogP contribution in [0.5, 0.6) is 0 Å². The molecule has 0 heterocycles. The number of hydrogen-bond donors (Lipinski definition) is 1. The Kier molecular flexibility index (Phi) is 8.92. The van der Waals surface area contributed by atoms with Crippen LogP contribution in [0.2, 0.25) is 20.1 Å². The number of sulfonamides is 1. The van der Waals surface area contributed by atoms with E-state index in [1.807, 2.05) is 0 Å². The number of halogens is 5. The topological polar surface area (TPSA) is 78.8 Å². The fourth-order valence-corrected chi connectivity index (χ4v) is 4.99. The summed E-state index contributed by atoms with van der Waals surface area (Å²) in [5, 5.41) is 4.90. The van der Waals surface area contributed by atoms with Crippen molar-refractivity contribution in [3.05, 3.63) is 97.7 Å². The lowest BCUT2D eigenvalue weighted by Gasteiger charge is -2.22. The second-order valence-electron chi connectivity index (χ2n) is 6.89. The molecule has 0 saturated heterocycles. The van der Waals surface area contributed by atoms with Crippen molar-refractivity contribution in [1.82, 2.24) is 9.73 Å². The predicted octanol–water partition coefficient (Wildman–Crippen LogP) is 5.78. The van der Waals surface area contributed by atoms with Gasteiger partial charge in [0.2, 0.25) is 10.0 Å². The second-order valence-corrected chi connectivity index (χ2v) is 10.5. The van der Waals surface area contributed by atoms with Gasteiger partial charge in [-0.2, -0.15) is 9.41 Å². The highest BCUT2D eigenvalue weighted by molar-refractivity contribution is 7.89. The zero-order valence-electron chi connectivity index (χ0n) is 17.2. The van der Waals surface area contributed by atoms with Crippen LogP contribution >= 0.6 is 46.4 Å². The van der Waals surface area contributed by atoms with Crippen molar-refractivity contribution in [2.45, 2.75) is 11.4 Å². The Morgan fingerprint density at radius 3 is 2.29 bits per heavy atom. The number of rotatable bonds is 8. The summed E-state index contributed by atoms with van der Waals surface area (Å²) in [5.74, 6) is -1.48. The van der Waals surface area contributed by atoms with Gasteiger partial charge in [0.1, 0.15) is 5.82 Å². The van der Waals surface area contributed by atoms with Crippen molar-refractivity contribution < 1.29 is 17.6 Å². The Labute approximate surface area is 215 Å². The van der Waals surface area contributed by atoms with Crippen molar-refractivity contribution in [2.24, 2.45) is 5.10 Å². The van der Waals surface area contributed by atoms with Gasteiger partial charge < -0.3 is 0 Å².